The van der Waals surface area contributed by atoms with Crippen LogP contribution >= 0.6 is 0 Å². The summed E-state index contributed by atoms with van der Waals surface area (Å²) < 4.78 is 38.6. The van der Waals surface area contributed by atoms with Gasteiger partial charge in [0.15, 0.2) is 5.82 Å². The van der Waals surface area contributed by atoms with Gasteiger partial charge in [-0.3, -0.25) is 0 Å². The molecule has 5 rings (SSSR count). The summed E-state index contributed by atoms with van der Waals surface area (Å²) in [5.41, 5.74) is 2.63. The monoisotopic (exact) mass is 406 g/mol. The molecule has 9 heteroatoms. The van der Waals surface area contributed by atoms with Crippen LogP contribution in [0.25, 0.3) is 33.3 Å². The first kappa shape index (κ1) is 18.0. The maximum Gasteiger partial charge on any atom is 0.416 e. The minimum atomic E-state index is -4.39. The predicted octanol–water partition coefficient (Wildman–Crippen LogP) is 5.33. The van der Waals surface area contributed by atoms with Gasteiger partial charge in [-0.1, -0.05) is 24.3 Å². The molecule has 6 nitrogen and oxygen atoms in total. The van der Waals surface area contributed by atoms with E-state index >= 15 is 0 Å². The molecule has 0 bridgehead atoms. The first-order valence-corrected chi connectivity index (χ1v) is 8.99. The normalized spacial score (nSPS) is 11.8. The van der Waals surface area contributed by atoms with E-state index in [-0.39, 0.29) is 0 Å². The molecule has 30 heavy (non-hydrogen) atoms. The molecule has 3 aromatic carbocycles. The van der Waals surface area contributed by atoms with Crippen molar-refractivity contribution in [3.63, 3.8) is 0 Å². The number of aromatic nitrogens is 5. The fourth-order valence-electron chi connectivity index (χ4n) is 3.16. The van der Waals surface area contributed by atoms with Crippen LogP contribution in [0.1, 0.15) is 5.56 Å². The lowest BCUT2D eigenvalue weighted by Crippen LogP contribution is -2.04. The molecular weight excluding hydrogens is 393 g/mol. The first-order chi connectivity index (χ1) is 14.5. The molecule has 2 aromatic heterocycles. The predicted molar refractivity (Wildman–Crippen MR) is 107 cm³/mol. The van der Waals surface area contributed by atoms with Gasteiger partial charge in [0.05, 0.1) is 11.1 Å². The highest BCUT2D eigenvalue weighted by molar-refractivity contribution is 5.93. The summed E-state index contributed by atoms with van der Waals surface area (Å²) in [6.07, 6.45) is -4.39. The average Bonchev–Trinajstić information content (AvgIpc) is 3.21. The van der Waals surface area contributed by atoms with E-state index in [2.05, 4.69) is 30.7 Å². The fraction of sp³-hybridized carbons (Fsp3) is 0.0476. The molecule has 2 N–H and O–H groups in total. The van der Waals surface area contributed by atoms with E-state index in [9.17, 15) is 13.2 Å². The van der Waals surface area contributed by atoms with Crippen LogP contribution in [0.5, 0.6) is 0 Å². The number of H-pyrrole nitrogens is 1. The van der Waals surface area contributed by atoms with Crippen molar-refractivity contribution in [2.24, 2.45) is 0 Å². The number of para-hydroxylation sites is 1. The van der Waals surface area contributed by atoms with Crippen molar-refractivity contribution in [1.29, 1.82) is 0 Å². The van der Waals surface area contributed by atoms with Gasteiger partial charge in [-0.05, 0) is 42.5 Å². The number of anilines is 2. The molecule has 2 heterocycles. The molecule has 0 spiro atoms. The Morgan fingerprint density at radius 1 is 0.767 bits per heavy atom. The number of rotatable bonds is 3. The van der Waals surface area contributed by atoms with Crippen molar-refractivity contribution in [3.8, 4) is 11.4 Å². The van der Waals surface area contributed by atoms with Crippen LogP contribution in [0, 0.1) is 0 Å². The summed E-state index contributed by atoms with van der Waals surface area (Å²) in [6.45, 7) is 0. The van der Waals surface area contributed by atoms with Gasteiger partial charge in [0, 0.05) is 16.6 Å². The van der Waals surface area contributed by atoms with E-state index < -0.39 is 11.7 Å². The minimum absolute atomic E-state index is 0.326. The number of alkyl halides is 3. The third-order valence-corrected chi connectivity index (χ3v) is 4.65. The Morgan fingerprint density at radius 3 is 2.33 bits per heavy atom. The van der Waals surface area contributed by atoms with Crippen LogP contribution in [-0.2, 0) is 6.18 Å². The average molecular weight is 406 g/mol. The quantitative estimate of drug-likeness (QED) is 0.423. The third kappa shape index (κ3) is 3.30. The number of benzene rings is 3. The number of nitrogens with zero attached hydrogens (tertiary/aromatic N) is 4. The maximum absolute atomic E-state index is 12.9. The van der Waals surface area contributed by atoms with Crippen LogP contribution in [0.3, 0.4) is 0 Å². The van der Waals surface area contributed by atoms with Crippen molar-refractivity contribution >= 4 is 33.4 Å². The molecule has 0 unspecified atom stereocenters. The van der Waals surface area contributed by atoms with Gasteiger partial charge in [0.2, 0.25) is 0 Å². The highest BCUT2D eigenvalue weighted by Crippen LogP contribution is 2.32. The van der Waals surface area contributed by atoms with E-state index in [4.69, 9.17) is 0 Å². The summed E-state index contributed by atoms with van der Waals surface area (Å²) >= 11 is 0. The smallest absolute Gasteiger partial charge is 0.340 e. The standard InChI is InChI=1S/C21H13F3N6/c22-21(23,24)13-7-5-12(6-8-13)19-26-16-4-2-1-3-15(16)20(27-19)25-14-9-10-17-18(11-14)29-30-28-17/h1-11H,(H,25,26,27)(H,28,29,30). The van der Waals surface area contributed by atoms with Gasteiger partial charge in [0.1, 0.15) is 16.9 Å². The molecule has 0 radical (unpaired) electrons. The lowest BCUT2D eigenvalue weighted by Gasteiger charge is -2.12. The summed E-state index contributed by atoms with van der Waals surface area (Å²) in [5.74, 6) is 0.866. The van der Waals surface area contributed by atoms with Gasteiger partial charge in [0.25, 0.3) is 0 Å². The molecule has 0 saturated carbocycles. The van der Waals surface area contributed by atoms with E-state index in [0.29, 0.717) is 28.2 Å². The Bertz CT molecular complexity index is 1360. The van der Waals surface area contributed by atoms with Crippen LogP contribution in [0.15, 0.2) is 66.7 Å². The molecule has 0 aliphatic heterocycles. The highest BCUT2D eigenvalue weighted by atomic mass is 19.4. The van der Waals surface area contributed by atoms with Gasteiger partial charge in [-0.25, -0.2) is 9.97 Å². The van der Waals surface area contributed by atoms with E-state index in [1.807, 2.05) is 42.5 Å². The fourth-order valence-corrected chi connectivity index (χ4v) is 3.16. The summed E-state index contributed by atoms with van der Waals surface area (Å²) in [5, 5.41) is 14.7. The summed E-state index contributed by atoms with van der Waals surface area (Å²) in [6, 6.07) is 17.7. The van der Waals surface area contributed by atoms with Crippen molar-refractivity contribution in [1.82, 2.24) is 25.4 Å². The minimum Gasteiger partial charge on any atom is -0.340 e. The lowest BCUT2D eigenvalue weighted by molar-refractivity contribution is -0.137. The molecule has 0 amide bonds. The Labute approximate surface area is 167 Å². The van der Waals surface area contributed by atoms with Gasteiger partial charge < -0.3 is 5.32 Å². The molecule has 0 saturated heterocycles. The van der Waals surface area contributed by atoms with Crippen LogP contribution in [0.4, 0.5) is 24.7 Å². The highest BCUT2D eigenvalue weighted by Gasteiger charge is 2.30. The Balaban J connectivity index is 1.59. The van der Waals surface area contributed by atoms with E-state index in [1.165, 1.54) is 12.1 Å². The molecule has 0 aliphatic rings. The number of nitrogens with one attached hydrogen (secondary N) is 2. The first-order valence-electron chi connectivity index (χ1n) is 8.99. The molecule has 148 valence electrons. The Morgan fingerprint density at radius 2 is 1.53 bits per heavy atom. The topological polar surface area (TPSA) is 79.4 Å². The van der Waals surface area contributed by atoms with Crippen molar-refractivity contribution in [3.05, 3.63) is 72.3 Å². The number of fused-ring (bicyclic) bond motifs is 2. The third-order valence-electron chi connectivity index (χ3n) is 4.65. The van der Waals surface area contributed by atoms with E-state index in [1.54, 1.807) is 0 Å². The second-order valence-electron chi connectivity index (χ2n) is 6.64. The number of halogens is 3. The second-order valence-corrected chi connectivity index (χ2v) is 6.64. The summed E-state index contributed by atoms with van der Waals surface area (Å²) in [4.78, 5) is 9.10. The van der Waals surface area contributed by atoms with Gasteiger partial charge in [-0.2, -0.15) is 28.6 Å². The van der Waals surface area contributed by atoms with Crippen LogP contribution in [-0.4, -0.2) is 25.4 Å². The van der Waals surface area contributed by atoms with Crippen LogP contribution in [0.2, 0.25) is 0 Å². The number of hydrogen-bond acceptors (Lipinski definition) is 5. The molecular formula is C21H13F3N6. The maximum atomic E-state index is 12.9. The largest absolute Gasteiger partial charge is 0.416 e. The van der Waals surface area contributed by atoms with Gasteiger partial charge >= 0.3 is 6.18 Å². The molecule has 5 aromatic rings. The molecule has 0 fully saturated rings. The Hall–Kier alpha value is -4.01. The summed E-state index contributed by atoms with van der Waals surface area (Å²) in [7, 11) is 0. The zero-order valence-corrected chi connectivity index (χ0v) is 15.3. The number of aromatic amines is 1. The van der Waals surface area contributed by atoms with Crippen LogP contribution < -0.4 is 5.32 Å². The van der Waals surface area contributed by atoms with E-state index in [0.717, 1.165) is 28.7 Å². The van der Waals surface area contributed by atoms with Crippen molar-refractivity contribution in [2.75, 3.05) is 5.32 Å². The second kappa shape index (κ2) is 6.80. The number of hydrogen-bond donors (Lipinski definition) is 2. The zero-order valence-electron chi connectivity index (χ0n) is 15.3. The molecule has 0 aliphatic carbocycles. The Kier molecular flexibility index (Phi) is 4.09. The van der Waals surface area contributed by atoms with Gasteiger partial charge in [-0.15, -0.1) is 0 Å². The SMILES string of the molecule is FC(F)(F)c1ccc(-c2nc(Nc3ccc4n[nH]nc4c3)c3ccccc3n2)cc1. The molecule has 0 atom stereocenters. The lowest BCUT2D eigenvalue weighted by atomic mass is 10.1. The zero-order chi connectivity index (χ0) is 20.7. The van der Waals surface area contributed by atoms with Crippen molar-refractivity contribution in [2.45, 2.75) is 6.18 Å². The van der Waals surface area contributed by atoms with Crippen molar-refractivity contribution < 1.29 is 13.2 Å².